The lowest BCUT2D eigenvalue weighted by molar-refractivity contribution is -0.160. The van der Waals surface area contributed by atoms with E-state index in [0.29, 0.717) is 13.0 Å². The maximum absolute atomic E-state index is 11.6. The highest BCUT2D eigenvalue weighted by Gasteiger charge is 2.52. The molecule has 3 atom stereocenters. The van der Waals surface area contributed by atoms with Crippen molar-refractivity contribution in [2.24, 2.45) is 5.92 Å². The van der Waals surface area contributed by atoms with Gasteiger partial charge >= 0.3 is 5.97 Å². The topological polar surface area (TPSA) is 65.6 Å². The number of aromatic amines is 1. The standard InChI is InChI=1S/C17H20N2O3/c1-19-9-11(16(20)21)7-17(22-2)12-4-3-5-13-15(12)10(8-18-13)6-14(17)19/h3-5,8,11,14,18H,6-7,9H2,1-2H3,(H,20,21)/t11-,14-,17?/m1/s1. The number of nitrogens with zero attached hydrogens (tertiary/aromatic N) is 1. The highest BCUT2D eigenvalue weighted by atomic mass is 16.5. The van der Waals surface area contributed by atoms with Crippen LogP contribution in [0.2, 0.25) is 0 Å². The Morgan fingerprint density at radius 1 is 1.50 bits per heavy atom. The Morgan fingerprint density at radius 2 is 2.32 bits per heavy atom. The average molecular weight is 300 g/mol. The van der Waals surface area contributed by atoms with Gasteiger partial charge < -0.3 is 14.8 Å². The molecule has 1 aromatic carbocycles. The molecule has 0 bridgehead atoms. The Bertz CT molecular complexity index is 753. The van der Waals surface area contributed by atoms with Gasteiger partial charge in [0.25, 0.3) is 0 Å². The van der Waals surface area contributed by atoms with Gasteiger partial charge in [0.2, 0.25) is 0 Å². The molecular weight excluding hydrogens is 280 g/mol. The van der Waals surface area contributed by atoms with Crippen LogP contribution in [-0.4, -0.2) is 47.7 Å². The predicted octanol–water partition coefficient (Wildman–Crippen LogP) is 1.97. The number of piperidine rings is 1. The summed E-state index contributed by atoms with van der Waals surface area (Å²) in [5, 5.41) is 10.7. The molecule has 4 rings (SSSR count). The number of carboxylic acid groups (broad SMARTS) is 1. The number of aliphatic carboxylic acids is 1. The van der Waals surface area contributed by atoms with Gasteiger partial charge in [0, 0.05) is 36.8 Å². The van der Waals surface area contributed by atoms with E-state index in [-0.39, 0.29) is 6.04 Å². The monoisotopic (exact) mass is 300 g/mol. The Balaban J connectivity index is 1.95. The summed E-state index contributed by atoms with van der Waals surface area (Å²) in [4.78, 5) is 17.1. The third-order valence-corrected chi connectivity index (χ3v) is 5.50. The number of likely N-dealkylation sites (tertiary alicyclic amines) is 1. The maximum atomic E-state index is 11.6. The number of benzene rings is 1. The molecule has 1 aliphatic carbocycles. The van der Waals surface area contributed by atoms with E-state index in [2.05, 4.69) is 28.2 Å². The van der Waals surface area contributed by atoms with E-state index in [4.69, 9.17) is 4.74 Å². The number of fused-ring (bicyclic) bond motifs is 2. The molecule has 22 heavy (non-hydrogen) atoms. The number of hydrogen-bond donors (Lipinski definition) is 2. The fourth-order valence-electron chi connectivity index (χ4n) is 4.48. The van der Waals surface area contributed by atoms with Crippen molar-refractivity contribution in [2.75, 3.05) is 20.7 Å². The molecule has 0 radical (unpaired) electrons. The van der Waals surface area contributed by atoms with Crippen molar-refractivity contribution in [2.45, 2.75) is 24.5 Å². The van der Waals surface area contributed by atoms with Crippen LogP contribution in [0.1, 0.15) is 17.5 Å². The quantitative estimate of drug-likeness (QED) is 0.890. The minimum absolute atomic E-state index is 0.169. The summed E-state index contributed by atoms with van der Waals surface area (Å²) in [5.41, 5.74) is 2.97. The van der Waals surface area contributed by atoms with E-state index in [1.807, 2.05) is 13.1 Å². The summed E-state index contributed by atoms with van der Waals surface area (Å²) in [6.07, 6.45) is 3.48. The molecule has 1 saturated heterocycles. The lowest BCUT2D eigenvalue weighted by Crippen LogP contribution is -2.60. The van der Waals surface area contributed by atoms with Crippen molar-refractivity contribution >= 4 is 16.9 Å². The van der Waals surface area contributed by atoms with E-state index in [1.165, 1.54) is 10.9 Å². The van der Waals surface area contributed by atoms with Gasteiger partial charge in [-0.15, -0.1) is 0 Å². The first-order chi connectivity index (χ1) is 10.6. The van der Waals surface area contributed by atoms with Crippen LogP contribution in [0.15, 0.2) is 24.4 Å². The van der Waals surface area contributed by atoms with Crippen LogP contribution in [-0.2, 0) is 21.6 Å². The minimum Gasteiger partial charge on any atom is -0.481 e. The number of likely N-dealkylation sites (N-methyl/N-ethyl adjacent to an activating group) is 1. The Morgan fingerprint density at radius 3 is 3.05 bits per heavy atom. The van der Waals surface area contributed by atoms with Crippen molar-refractivity contribution in [1.82, 2.24) is 9.88 Å². The number of aromatic nitrogens is 1. The second kappa shape index (κ2) is 4.57. The number of carboxylic acids is 1. The van der Waals surface area contributed by atoms with Crippen LogP contribution in [0, 0.1) is 5.92 Å². The Hall–Kier alpha value is -1.85. The van der Waals surface area contributed by atoms with Gasteiger partial charge in [0.05, 0.1) is 5.92 Å². The smallest absolute Gasteiger partial charge is 0.307 e. The number of methoxy groups -OCH3 is 1. The first-order valence-corrected chi connectivity index (χ1v) is 7.64. The van der Waals surface area contributed by atoms with E-state index in [0.717, 1.165) is 17.5 Å². The van der Waals surface area contributed by atoms with Crippen LogP contribution in [0.4, 0.5) is 0 Å². The summed E-state index contributed by atoms with van der Waals surface area (Å²) in [7, 11) is 3.72. The molecule has 0 spiro atoms. The van der Waals surface area contributed by atoms with Gasteiger partial charge in [0.1, 0.15) is 5.60 Å². The third-order valence-electron chi connectivity index (χ3n) is 5.50. The van der Waals surface area contributed by atoms with Gasteiger partial charge in [-0.3, -0.25) is 9.69 Å². The third kappa shape index (κ3) is 1.63. The van der Waals surface area contributed by atoms with Crippen LogP contribution >= 0.6 is 0 Å². The number of hydrogen-bond acceptors (Lipinski definition) is 3. The van der Waals surface area contributed by atoms with Crippen molar-refractivity contribution in [3.63, 3.8) is 0 Å². The van der Waals surface area contributed by atoms with E-state index < -0.39 is 17.5 Å². The lowest BCUT2D eigenvalue weighted by Gasteiger charge is -2.52. The number of nitrogens with one attached hydrogen (secondary N) is 1. The van der Waals surface area contributed by atoms with Crippen LogP contribution in [0.3, 0.4) is 0 Å². The zero-order valence-electron chi connectivity index (χ0n) is 12.8. The number of H-pyrrole nitrogens is 1. The summed E-state index contributed by atoms with van der Waals surface area (Å²) in [6.45, 7) is 0.570. The normalized spacial score (nSPS) is 31.2. The van der Waals surface area contributed by atoms with Gasteiger partial charge in [-0.25, -0.2) is 0 Å². The average Bonchev–Trinajstić information content (AvgIpc) is 2.93. The first kappa shape index (κ1) is 13.8. The molecular formula is C17H20N2O3. The molecule has 1 unspecified atom stereocenters. The zero-order valence-corrected chi connectivity index (χ0v) is 12.8. The molecule has 1 fully saturated rings. The highest BCUT2D eigenvalue weighted by molar-refractivity contribution is 5.89. The van der Waals surface area contributed by atoms with E-state index in [1.54, 1.807) is 7.11 Å². The van der Waals surface area contributed by atoms with Gasteiger partial charge in [-0.1, -0.05) is 12.1 Å². The first-order valence-electron chi connectivity index (χ1n) is 7.64. The molecule has 2 heterocycles. The Kier molecular flexibility index (Phi) is 2.86. The van der Waals surface area contributed by atoms with Crippen LogP contribution < -0.4 is 0 Å². The number of carbonyl (C=O) groups is 1. The summed E-state index contributed by atoms with van der Waals surface area (Å²) < 4.78 is 6.03. The van der Waals surface area contributed by atoms with Crippen molar-refractivity contribution in [1.29, 1.82) is 0 Å². The van der Waals surface area contributed by atoms with Crippen molar-refractivity contribution in [3.8, 4) is 0 Å². The van der Waals surface area contributed by atoms with Crippen molar-refractivity contribution < 1.29 is 14.6 Å². The fraction of sp³-hybridized carbons (Fsp3) is 0.471. The highest BCUT2D eigenvalue weighted by Crippen LogP contribution is 2.49. The van der Waals surface area contributed by atoms with E-state index >= 15 is 0 Å². The molecule has 0 saturated carbocycles. The van der Waals surface area contributed by atoms with Gasteiger partial charge in [-0.2, -0.15) is 0 Å². The molecule has 5 nitrogen and oxygen atoms in total. The zero-order chi connectivity index (χ0) is 15.5. The summed E-state index contributed by atoms with van der Waals surface area (Å²) in [5.74, 6) is -1.15. The van der Waals surface area contributed by atoms with E-state index in [9.17, 15) is 9.90 Å². The second-order valence-electron chi connectivity index (χ2n) is 6.53. The summed E-state index contributed by atoms with van der Waals surface area (Å²) >= 11 is 0. The summed E-state index contributed by atoms with van der Waals surface area (Å²) in [6, 6.07) is 6.34. The molecule has 116 valence electrons. The van der Waals surface area contributed by atoms with Crippen LogP contribution in [0.25, 0.3) is 10.9 Å². The predicted molar refractivity (Wildman–Crippen MR) is 82.9 cm³/mol. The van der Waals surface area contributed by atoms with Crippen molar-refractivity contribution in [3.05, 3.63) is 35.5 Å². The molecule has 2 aromatic rings. The molecule has 1 aliphatic heterocycles. The van der Waals surface area contributed by atoms with Gasteiger partial charge in [0.15, 0.2) is 0 Å². The molecule has 5 heteroatoms. The second-order valence-corrected chi connectivity index (χ2v) is 6.53. The molecule has 2 aliphatic rings. The fourth-order valence-corrected chi connectivity index (χ4v) is 4.48. The minimum atomic E-state index is -0.742. The van der Waals surface area contributed by atoms with Gasteiger partial charge in [-0.05, 0) is 37.1 Å². The number of rotatable bonds is 2. The molecule has 2 N–H and O–H groups in total. The lowest BCUT2D eigenvalue weighted by atomic mass is 9.68. The maximum Gasteiger partial charge on any atom is 0.307 e. The largest absolute Gasteiger partial charge is 0.481 e. The molecule has 1 aromatic heterocycles. The SMILES string of the molecule is COC12C[C@@H](C(=O)O)CN(C)[C@@H]1Cc1c[nH]c3cccc2c13. The molecule has 0 amide bonds. The Labute approximate surface area is 128 Å². The van der Waals surface area contributed by atoms with Crippen LogP contribution in [0.5, 0.6) is 0 Å². The number of ether oxygens (including phenoxy) is 1.